The molecule has 7 nitrogen and oxygen atoms in total. The van der Waals surface area contributed by atoms with Crippen LogP contribution in [0.2, 0.25) is 0 Å². The lowest BCUT2D eigenvalue weighted by Gasteiger charge is -2.48. The van der Waals surface area contributed by atoms with Crippen molar-refractivity contribution < 1.29 is 19.5 Å². The molecule has 0 aliphatic heterocycles. The zero-order chi connectivity index (χ0) is 21.8. The van der Waals surface area contributed by atoms with Gasteiger partial charge in [-0.3, -0.25) is 14.8 Å². The fourth-order valence-corrected chi connectivity index (χ4v) is 6.15. The number of hydrogen-bond acceptors (Lipinski definition) is 6. The molecule has 3 aliphatic rings. The Balaban J connectivity index is 1.33. The molecule has 4 atom stereocenters. The molecule has 2 fully saturated rings. The largest absolute Gasteiger partial charge is 0.424 e. The number of anilines is 1. The van der Waals surface area contributed by atoms with Crippen molar-refractivity contribution >= 4 is 17.4 Å². The number of fused-ring (bicyclic) bond motifs is 5. The zero-order valence-corrected chi connectivity index (χ0v) is 17.9. The number of aryl methyl sites for hydroxylation is 1. The number of aromatic nitrogens is 2. The van der Waals surface area contributed by atoms with Crippen molar-refractivity contribution in [2.75, 3.05) is 5.06 Å². The Morgan fingerprint density at radius 3 is 2.71 bits per heavy atom. The second-order valence-electron chi connectivity index (χ2n) is 9.35. The van der Waals surface area contributed by atoms with Crippen molar-refractivity contribution in [2.45, 2.75) is 58.3 Å². The summed E-state index contributed by atoms with van der Waals surface area (Å²) in [4.78, 5) is 31.9. The first kappa shape index (κ1) is 20.1. The standard InChI is InChI=1S/C24H27N3O4/c1-14(28)27(30)16-12-25-23(26-13-16)31-17-4-6-18-15(11-17)3-5-20-19(18)9-10-24(2)21(20)7-8-22(24)29/h4,6,11-13,19-21,30H,3,5,7-10H2,1-2H3/t19-,20-,21?,24+/m0/s1. The lowest BCUT2D eigenvalue weighted by atomic mass is 9.55. The Kier molecular flexibility index (Phi) is 4.81. The van der Waals surface area contributed by atoms with Gasteiger partial charge >= 0.3 is 6.01 Å². The molecule has 31 heavy (non-hydrogen) atoms. The van der Waals surface area contributed by atoms with Gasteiger partial charge in [0.15, 0.2) is 0 Å². The number of carbonyl (C=O) groups excluding carboxylic acids is 2. The topological polar surface area (TPSA) is 92.6 Å². The predicted molar refractivity (Wildman–Crippen MR) is 113 cm³/mol. The third-order valence-electron chi connectivity index (χ3n) is 7.77. The van der Waals surface area contributed by atoms with Crippen LogP contribution in [0.3, 0.4) is 0 Å². The molecule has 7 heteroatoms. The maximum absolute atomic E-state index is 12.5. The van der Waals surface area contributed by atoms with Crippen molar-refractivity contribution in [1.29, 1.82) is 0 Å². The van der Waals surface area contributed by atoms with Gasteiger partial charge in [0.05, 0.1) is 12.4 Å². The maximum Gasteiger partial charge on any atom is 0.322 e. The number of carbonyl (C=O) groups is 2. The minimum absolute atomic E-state index is 0.0994. The molecule has 3 aliphatic carbocycles. The lowest BCUT2D eigenvalue weighted by Crippen LogP contribution is -2.42. The lowest BCUT2D eigenvalue weighted by molar-refractivity contribution is -0.129. The van der Waals surface area contributed by atoms with Gasteiger partial charge in [0.1, 0.15) is 17.2 Å². The van der Waals surface area contributed by atoms with Gasteiger partial charge in [-0.1, -0.05) is 13.0 Å². The van der Waals surface area contributed by atoms with Crippen molar-refractivity contribution in [3.05, 3.63) is 41.7 Å². The number of rotatable bonds is 3. The number of nitrogens with zero attached hydrogens (tertiary/aromatic N) is 3. The van der Waals surface area contributed by atoms with Gasteiger partial charge in [-0.15, -0.1) is 0 Å². The van der Waals surface area contributed by atoms with Crippen LogP contribution in [0.4, 0.5) is 5.69 Å². The smallest absolute Gasteiger partial charge is 0.322 e. The molecule has 1 aromatic heterocycles. The first-order valence-electron chi connectivity index (χ1n) is 11.0. The van der Waals surface area contributed by atoms with Gasteiger partial charge in [0.25, 0.3) is 0 Å². The zero-order valence-electron chi connectivity index (χ0n) is 17.9. The number of hydrogen-bond donors (Lipinski definition) is 1. The normalized spacial score (nSPS) is 29.0. The van der Waals surface area contributed by atoms with E-state index < -0.39 is 5.91 Å². The van der Waals surface area contributed by atoms with Crippen LogP contribution in [0, 0.1) is 17.3 Å². The summed E-state index contributed by atoms with van der Waals surface area (Å²) in [6, 6.07) is 6.36. The van der Waals surface area contributed by atoms with Crippen molar-refractivity contribution in [3.63, 3.8) is 0 Å². The summed E-state index contributed by atoms with van der Waals surface area (Å²) in [6.45, 7) is 3.45. The minimum atomic E-state index is -0.518. The molecular weight excluding hydrogens is 394 g/mol. The molecule has 162 valence electrons. The van der Waals surface area contributed by atoms with Gasteiger partial charge in [-0.05, 0) is 73.1 Å². The maximum atomic E-state index is 12.5. The van der Waals surface area contributed by atoms with Crippen LogP contribution in [0.1, 0.15) is 63.0 Å². The van der Waals surface area contributed by atoms with E-state index in [1.807, 2.05) is 6.07 Å². The Labute approximate surface area is 181 Å². The highest BCUT2D eigenvalue weighted by Crippen LogP contribution is 2.59. The SMILES string of the molecule is CC(=O)N(O)c1cnc(Oc2ccc3c(c2)CC[C@@H]2C4CCC(=O)[C@]4(C)CC[C@@H]32)nc1. The van der Waals surface area contributed by atoms with E-state index in [0.717, 1.165) is 38.5 Å². The average Bonchev–Trinajstić information content (AvgIpc) is 3.08. The summed E-state index contributed by atoms with van der Waals surface area (Å²) in [5, 5.41) is 10.1. The molecule has 1 aromatic carbocycles. The Morgan fingerprint density at radius 2 is 1.97 bits per heavy atom. The fraction of sp³-hybridized carbons (Fsp3) is 0.500. The molecule has 0 radical (unpaired) electrons. The Morgan fingerprint density at radius 1 is 1.19 bits per heavy atom. The van der Waals surface area contributed by atoms with Gasteiger partial charge in [-0.25, -0.2) is 9.97 Å². The highest BCUT2D eigenvalue weighted by molar-refractivity contribution is 5.88. The van der Waals surface area contributed by atoms with Gasteiger partial charge in [0.2, 0.25) is 5.91 Å². The molecule has 5 rings (SSSR count). The fourth-order valence-electron chi connectivity index (χ4n) is 6.15. The summed E-state index contributed by atoms with van der Waals surface area (Å²) in [5.74, 6) is 2.28. The monoisotopic (exact) mass is 421 g/mol. The van der Waals surface area contributed by atoms with Crippen LogP contribution in [-0.2, 0) is 16.0 Å². The summed E-state index contributed by atoms with van der Waals surface area (Å²) >= 11 is 0. The third-order valence-corrected chi connectivity index (χ3v) is 7.77. The number of benzene rings is 1. The molecule has 1 unspecified atom stereocenters. The van der Waals surface area contributed by atoms with Crippen LogP contribution in [0.5, 0.6) is 11.8 Å². The number of ether oxygens (including phenoxy) is 1. The molecular formula is C24H27N3O4. The van der Waals surface area contributed by atoms with E-state index in [0.29, 0.717) is 34.3 Å². The van der Waals surface area contributed by atoms with E-state index in [9.17, 15) is 14.8 Å². The van der Waals surface area contributed by atoms with E-state index in [4.69, 9.17) is 4.74 Å². The van der Waals surface area contributed by atoms with Crippen LogP contribution < -0.4 is 9.80 Å². The van der Waals surface area contributed by atoms with E-state index in [1.54, 1.807) is 0 Å². The first-order valence-corrected chi connectivity index (χ1v) is 11.0. The Bertz CT molecular complexity index is 1040. The number of ketones is 1. The summed E-state index contributed by atoms with van der Waals surface area (Å²) in [6.07, 6.45) is 8.68. The number of hydroxylamine groups is 1. The highest BCUT2D eigenvalue weighted by Gasteiger charge is 2.54. The van der Waals surface area contributed by atoms with E-state index >= 15 is 0 Å². The van der Waals surface area contributed by atoms with Crippen LogP contribution >= 0.6 is 0 Å². The van der Waals surface area contributed by atoms with E-state index in [-0.39, 0.29) is 17.1 Å². The van der Waals surface area contributed by atoms with Crippen molar-refractivity contribution in [3.8, 4) is 11.8 Å². The average molecular weight is 421 g/mol. The van der Waals surface area contributed by atoms with Gasteiger partial charge in [0, 0.05) is 18.8 Å². The van der Waals surface area contributed by atoms with Crippen LogP contribution in [-0.4, -0.2) is 26.9 Å². The molecule has 1 N–H and O–H groups in total. The van der Waals surface area contributed by atoms with Gasteiger partial charge in [-0.2, -0.15) is 5.06 Å². The molecule has 0 spiro atoms. The summed E-state index contributed by atoms with van der Waals surface area (Å²) in [5.41, 5.74) is 2.80. The molecule has 0 bridgehead atoms. The van der Waals surface area contributed by atoms with E-state index in [1.165, 1.54) is 30.4 Å². The quantitative estimate of drug-likeness (QED) is 0.582. The third kappa shape index (κ3) is 3.31. The Hall–Kier alpha value is -2.80. The predicted octanol–water partition coefficient (Wildman–Crippen LogP) is 4.44. The molecule has 2 aromatic rings. The van der Waals surface area contributed by atoms with Crippen molar-refractivity contribution in [2.24, 2.45) is 17.3 Å². The first-order chi connectivity index (χ1) is 14.9. The molecule has 1 heterocycles. The molecule has 0 saturated heterocycles. The molecule has 2 saturated carbocycles. The van der Waals surface area contributed by atoms with Crippen molar-refractivity contribution in [1.82, 2.24) is 9.97 Å². The highest BCUT2D eigenvalue weighted by atomic mass is 16.5. The number of amides is 1. The number of Topliss-reactive ketones (excluding diaryl/α,β-unsaturated/α-hetero) is 1. The molecule has 1 amide bonds. The summed E-state index contributed by atoms with van der Waals surface area (Å²) in [7, 11) is 0. The second kappa shape index (κ2) is 7.41. The minimum Gasteiger partial charge on any atom is -0.424 e. The van der Waals surface area contributed by atoms with E-state index in [2.05, 4.69) is 29.0 Å². The second-order valence-corrected chi connectivity index (χ2v) is 9.35. The van der Waals surface area contributed by atoms with Crippen LogP contribution in [0.25, 0.3) is 0 Å². The van der Waals surface area contributed by atoms with Crippen LogP contribution in [0.15, 0.2) is 30.6 Å². The van der Waals surface area contributed by atoms with Gasteiger partial charge < -0.3 is 4.74 Å². The summed E-state index contributed by atoms with van der Waals surface area (Å²) < 4.78 is 5.82.